The number of amides is 1. The summed E-state index contributed by atoms with van der Waals surface area (Å²) in [5.41, 5.74) is 0. The maximum absolute atomic E-state index is 11.9. The van der Waals surface area contributed by atoms with Crippen molar-refractivity contribution in [1.82, 2.24) is 4.90 Å². The van der Waals surface area contributed by atoms with Crippen LogP contribution in [-0.4, -0.2) is 23.9 Å². The van der Waals surface area contributed by atoms with E-state index in [4.69, 9.17) is 0 Å². The molecule has 88 valence electrons. The third-order valence-corrected chi connectivity index (χ3v) is 3.01. The van der Waals surface area contributed by atoms with Crippen molar-refractivity contribution in [1.29, 1.82) is 0 Å². The summed E-state index contributed by atoms with van der Waals surface area (Å²) < 4.78 is 0. The Bertz CT molecular complexity index is 189. The molecule has 1 rings (SSSR count). The molecule has 0 aromatic carbocycles. The summed E-state index contributed by atoms with van der Waals surface area (Å²) in [7, 11) is 0. The van der Waals surface area contributed by atoms with Crippen LogP contribution in [0.1, 0.15) is 58.8 Å². The lowest BCUT2D eigenvalue weighted by atomic mass is 10.1. The molecule has 1 fully saturated rings. The third kappa shape index (κ3) is 5.19. The number of carbonyl (C=O) groups is 1. The van der Waals surface area contributed by atoms with Crippen LogP contribution in [0.2, 0.25) is 0 Å². The molecule has 0 N–H and O–H groups in total. The van der Waals surface area contributed by atoms with Gasteiger partial charge in [0, 0.05) is 19.5 Å². The van der Waals surface area contributed by atoms with Gasteiger partial charge in [-0.3, -0.25) is 4.79 Å². The monoisotopic (exact) mass is 211 g/mol. The Morgan fingerprint density at radius 3 is 2.33 bits per heavy atom. The number of hydrogen-bond donors (Lipinski definition) is 0. The number of hydrogen-bond acceptors (Lipinski definition) is 1. The van der Waals surface area contributed by atoms with Gasteiger partial charge in [-0.15, -0.1) is 0 Å². The molecule has 0 atom stereocenters. The molecule has 1 heterocycles. The molecule has 0 unspecified atom stereocenters. The van der Waals surface area contributed by atoms with Gasteiger partial charge in [-0.2, -0.15) is 0 Å². The van der Waals surface area contributed by atoms with Crippen molar-refractivity contribution in [3.8, 4) is 0 Å². The van der Waals surface area contributed by atoms with E-state index >= 15 is 0 Å². The van der Waals surface area contributed by atoms with Crippen molar-refractivity contribution in [2.24, 2.45) is 5.92 Å². The summed E-state index contributed by atoms with van der Waals surface area (Å²) in [6.45, 7) is 6.30. The molecule has 0 saturated carbocycles. The highest BCUT2D eigenvalue weighted by Crippen LogP contribution is 2.13. The second-order valence-corrected chi connectivity index (χ2v) is 5.10. The van der Waals surface area contributed by atoms with Crippen LogP contribution in [0.4, 0.5) is 0 Å². The average molecular weight is 211 g/mol. The van der Waals surface area contributed by atoms with E-state index in [-0.39, 0.29) is 0 Å². The van der Waals surface area contributed by atoms with E-state index in [1.807, 2.05) is 0 Å². The first-order chi connectivity index (χ1) is 7.20. The summed E-state index contributed by atoms with van der Waals surface area (Å²) in [5.74, 6) is 0.975. The van der Waals surface area contributed by atoms with E-state index in [0.717, 1.165) is 25.9 Å². The highest BCUT2D eigenvalue weighted by atomic mass is 16.2. The fourth-order valence-electron chi connectivity index (χ4n) is 2.20. The number of rotatable bonds is 2. The second-order valence-electron chi connectivity index (χ2n) is 5.10. The maximum atomic E-state index is 11.9. The van der Waals surface area contributed by atoms with Crippen molar-refractivity contribution >= 4 is 5.91 Å². The minimum Gasteiger partial charge on any atom is -0.342 e. The van der Waals surface area contributed by atoms with Crippen LogP contribution in [0.25, 0.3) is 0 Å². The van der Waals surface area contributed by atoms with Gasteiger partial charge in [-0.05, 0) is 18.8 Å². The zero-order chi connectivity index (χ0) is 11.1. The average Bonchev–Trinajstić information content (AvgIpc) is 2.19. The summed E-state index contributed by atoms with van der Waals surface area (Å²) >= 11 is 0. The van der Waals surface area contributed by atoms with Crippen LogP contribution in [-0.2, 0) is 4.79 Å². The Labute approximate surface area is 94.0 Å². The van der Waals surface area contributed by atoms with Crippen molar-refractivity contribution in [2.75, 3.05) is 13.1 Å². The van der Waals surface area contributed by atoms with E-state index in [2.05, 4.69) is 18.7 Å². The van der Waals surface area contributed by atoms with Crippen LogP contribution in [0.3, 0.4) is 0 Å². The molecule has 1 saturated heterocycles. The minimum absolute atomic E-state index is 0.380. The van der Waals surface area contributed by atoms with Gasteiger partial charge in [0.25, 0.3) is 0 Å². The van der Waals surface area contributed by atoms with Gasteiger partial charge in [0.2, 0.25) is 5.91 Å². The second kappa shape index (κ2) is 6.86. The first-order valence-electron chi connectivity index (χ1n) is 6.48. The summed E-state index contributed by atoms with van der Waals surface area (Å²) in [6.07, 6.45) is 8.25. The summed E-state index contributed by atoms with van der Waals surface area (Å²) in [5, 5.41) is 0. The molecule has 1 aliphatic heterocycles. The van der Waals surface area contributed by atoms with Crippen LogP contribution in [0.15, 0.2) is 0 Å². The van der Waals surface area contributed by atoms with Gasteiger partial charge in [-0.1, -0.05) is 39.5 Å². The van der Waals surface area contributed by atoms with Crippen LogP contribution in [0.5, 0.6) is 0 Å². The van der Waals surface area contributed by atoms with Crippen LogP contribution in [0, 0.1) is 5.92 Å². The molecule has 15 heavy (non-hydrogen) atoms. The van der Waals surface area contributed by atoms with E-state index in [0.29, 0.717) is 11.8 Å². The highest BCUT2D eigenvalue weighted by molar-refractivity contribution is 5.76. The van der Waals surface area contributed by atoms with Crippen molar-refractivity contribution in [2.45, 2.75) is 58.8 Å². The quantitative estimate of drug-likeness (QED) is 0.687. The molecule has 1 aliphatic rings. The van der Waals surface area contributed by atoms with E-state index in [1.165, 1.54) is 32.1 Å². The largest absolute Gasteiger partial charge is 0.342 e. The lowest BCUT2D eigenvalue weighted by Gasteiger charge is -2.25. The Kier molecular flexibility index (Phi) is 5.74. The fraction of sp³-hybridized carbons (Fsp3) is 0.923. The third-order valence-electron chi connectivity index (χ3n) is 3.01. The molecular weight excluding hydrogens is 186 g/mol. The van der Waals surface area contributed by atoms with Crippen molar-refractivity contribution in [3.05, 3.63) is 0 Å². The standard InChI is InChI=1S/C13H25NO/c1-12(2)11-14-10-8-6-4-3-5-7-9-13(14)15/h12H,3-11H2,1-2H3. The Balaban J connectivity index is 2.43. The van der Waals surface area contributed by atoms with Crippen molar-refractivity contribution < 1.29 is 4.79 Å². The van der Waals surface area contributed by atoms with Gasteiger partial charge in [0.15, 0.2) is 0 Å². The lowest BCUT2D eigenvalue weighted by molar-refractivity contribution is -0.132. The van der Waals surface area contributed by atoms with Gasteiger partial charge in [0.05, 0.1) is 0 Å². The molecule has 0 aromatic heterocycles. The number of carbonyl (C=O) groups excluding carboxylic acids is 1. The predicted octanol–water partition coefficient (Wildman–Crippen LogP) is 3.22. The molecule has 1 amide bonds. The Morgan fingerprint density at radius 2 is 1.67 bits per heavy atom. The number of nitrogens with zero attached hydrogens (tertiary/aromatic N) is 1. The normalized spacial score (nSPS) is 20.7. The zero-order valence-electron chi connectivity index (χ0n) is 10.3. The molecule has 0 bridgehead atoms. The maximum Gasteiger partial charge on any atom is 0.222 e. The van der Waals surface area contributed by atoms with E-state index < -0.39 is 0 Å². The first kappa shape index (κ1) is 12.5. The first-order valence-corrected chi connectivity index (χ1v) is 6.48. The smallest absolute Gasteiger partial charge is 0.222 e. The fourth-order valence-corrected chi connectivity index (χ4v) is 2.20. The van der Waals surface area contributed by atoms with Crippen molar-refractivity contribution in [3.63, 3.8) is 0 Å². The van der Waals surface area contributed by atoms with Gasteiger partial charge in [0.1, 0.15) is 0 Å². The van der Waals surface area contributed by atoms with E-state index in [1.54, 1.807) is 0 Å². The Hall–Kier alpha value is -0.530. The molecule has 2 nitrogen and oxygen atoms in total. The molecule has 0 aliphatic carbocycles. The lowest BCUT2D eigenvalue weighted by Crippen LogP contribution is -2.35. The molecule has 0 aromatic rings. The van der Waals surface area contributed by atoms with Crippen LogP contribution < -0.4 is 0 Å². The summed E-state index contributed by atoms with van der Waals surface area (Å²) in [6, 6.07) is 0. The highest BCUT2D eigenvalue weighted by Gasteiger charge is 2.14. The molecule has 2 heteroatoms. The zero-order valence-corrected chi connectivity index (χ0v) is 10.3. The van der Waals surface area contributed by atoms with E-state index in [9.17, 15) is 4.79 Å². The summed E-state index contributed by atoms with van der Waals surface area (Å²) in [4.78, 5) is 14.0. The van der Waals surface area contributed by atoms with Crippen LogP contribution >= 0.6 is 0 Å². The van der Waals surface area contributed by atoms with Gasteiger partial charge >= 0.3 is 0 Å². The SMILES string of the molecule is CC(C)CN1CCCCCCCCC1=O. The topological polar surface area (TPSA) is 20.3 Å². The predicted molar refractivity (Wildman–Crippen MR) is 63.7 cm³/mol. The molecule has 0 radical (unpaired) electrons. The van der Waals surface area contributed by atoms with Gasteiger partial charge in [-0.25, -0.2) is 0 Å². The molecule has 0 spiro atoms. The Morgan fingerprint density at radius 1 is 1.07 bits per heavy atom. The molecular formula is C13H25NO. The minimum atomic E-state index is 0.380. The van der Waals surface area contributed by atoms with Gasteiger partial charge < -0.3 is 4.90 Å².